The van der Waals surface area contributed by atoms with Crippen LogP contribution in [-0.2, 0) is 11.3 Å². The first-order chi connectivity index (χ1) is 18.4. The number of carboxylic acids is 1. The van der Waals surface area contributed by atoms with Gasteiger partial charge in [-0.3, -0.25) is 0 Å². The van der Waals surface area contributed by atoms with Gasteiger partial charge in [0.2, 0.25) is 0 Å². The third-order valence-corrected chi connectivity index (χ3v) is 9.46. The van der Waals surface area contributed by atoms with Crippen molar-refractivity contribution in [1.82, 2.24) is 15.1 Å². The Morgan fingerprint density at radius 2 is 1.76 bits per heavy atom. The predicted octanol–water partition coefficient (Wildman–Crippen LogP) is 6.51. The Labute approximate surface area is 230 Å². The molecule has 0 unspecified atom stereocenters. The molecule has 1 spiro atoms. The molecule has 38 heavy (non-hydrogen) atoms. The molecule has 2 saturated heterocycles. The van der Waals surface area contributed by atoms with E-state index in [9.17, 15) is 4.79 Å². The molecule has 1 aromatic carbocycles. The van der Waals surface area contributed by atoms with Crippen LogP contribution in [0.25, 0.3) is 11.3 Å². The summed E-state index contributed by atoms with van der Waals surface area (Å²) in [7, 11) is 0. The van der Waals surface area contributed by atoms with Crippen LogP contribution >= 0.6 is 23.2 Å². The second kappa shape index (κ2) is 9.21. The minimum absolute atomic E-state index is 0.0220. The quantitative estimate of drug-likeness (QED) is 0.352. The van der Waals surface area contributed by atoms with Crippen LogP contribution in [0.1, 0.15) is 79.1 Å². The zero-order valence-electron chi connectivity index (χ0n) is 20.8. The molecular weight excluding hydrogens is 527 g/mol. The van der Waals surface area contributed by atoms with Crippen LogP contribution in [0.15, 0.2) is 35.1 Å². The van der Waals surface area contributed by atoms with E-state index in [-0.39, 0.29) is 11.8 Å². The van der Waals surface area contributed by atoms with Crippen LogP contribution in [0, 0.1) is 5.41 Å². The summed E-state index contributed by atoms with van der Waals surface area (Å²) in [5, 5.41) is 14.6. The standard InChI is InChI=1S/C28H28Cl2N4O4/c29-20-2-1-3-21(30)24(20)25-19(26(38-33-25)15-4-5-15)14-37-18-10-28(11-18)8-16-6-7-17(9-28)34(16)23-13-31-22(12-32-23)27(35)36/h1-3,12-13,15-18H,4-11,14H2,(H,35,36)/t16-,17+,18?,28?. The number of carbonyl (C=O) groups is 1. The molecule has 0 amide bonds. The summed E-state index contributed by atoms with van der Waals surface area (Å²) in [6.45, 7) is 0.442. The van der Waals surface area contributed by atoms with E-state index in [1.165, 1.54) is 6.20 Å². The number of carboxylic acid groups (broad SMARTS) is 1. The van der Waals surface area contributed by atoms with Gasteiger partial charge < -0.3 is 19.3 Å². The number of nitrogens with zero attached hydrogens (tertiary/aromatic N) is 4. The fourth-order valence-corrected chi connectivity index (χ4v) is 7.57. The number of aromatic nitrogens is 3. The Balaban J connectivity index is 1.03. The molecule has 10 heteroatoms. The number of piperidine rings is 1. The van der Waals surface area contributed by atoms with Crippen molar-refractivity contribution in [1.29, 1.82) is 0 Å². The Bertz CT molecular complexity index is 1350. The lowest BCUT2D eigenvalue weighted by molar-refractivity contribution is -0.104. The summed E-state index contributed by atoms with van der Waals surface area (Å²) in [6.07, 6.45) is 11.9. The van der Waals surface area contributed by atoms with Crippen molar-refractivity contribution in [2.45, 2.75) is 82.1 Å². The number of halogens is 2. The molecule has 2 atom stereocenters. The predicted molar refractivity (Wildman–Crippen MR) is 142 cm³/mol. The Morgan fingerprint density at radius 1 is 1.05 bits per heavy atom. The highest BCUT2D eigenvalue weighted by atomic mass is 35.5. The summed E-state index contributed by atoms with van der Waals surface area (Å²) < 4.78 is 12.3. The smallest absolute Gasteiger partial charge is 0.356 e. The van der Waals surface area contributed by atoms with Gasteiger partial charge in [0.05, 0.1) is 35.1 Å². The summed E-state index contributed by atoms with van der Waals surface area (Å²) in [6, 6.07) is 6.29. The number of ether oxygens (including phenoxy) is 1. The second-order valence-electron chi connectivity index (χ2n) is 11.4. The average molecular weight is 555 g/mol. The molecule has 4 fully saturated rings. The van der Waals surface area contributed by atoms with E-state index in [4.69, 9.17) is 37.6 Å². The molecule has 2 aliphatic carbocycles. The summed E-state index contributed by atoms with van der Waals surface area (Å²) >= 11 is 13.0. The molecule has 2 bridgehead atoms. The molecule has 1 N–H and O–H groups in total. The van der Waals surface area contributed by atoms with E-state index in [2.05, 4.69) is 20.0 Å². The average Bonchev–Trinajstić information content (AvgIpc) is 3.58. The van der Waals surface area contributed by atoms with Crippen LogP contribution in [0.4, 0.5) is 5.82 Å². The molecule has 2 saturated carbocycles. The third kappa shape index (κ3) is 4.17. The number of hydrogen-bond acceptors (Lipinski definition) is 7. The Hall–Kier alpha value is -2.68. The minimum Gasteiger partial charge on any atom is -0.476 e. The molecular formula is C28H28Cl2N4O4. The van der Waals surface area contributed by atoms with Crippen molar-refractivity contribution in [3.05, 3.63) is 57.7 Å². The van der Waals surface area contributed by atoms with Crippen LogP contribution in [0.3, 0.4) is 0 Å². The molecule has 8 nitrogen and oxygen atoms in total. The van der Waals surface area contributed by atoms with Gasteiger partial charge in [0.15, 0.2) is 5.69 Å². The molecule has 7 rings (SSSR count). The summed E-state index contributed by atoms with van der Waals surface area (Å²) in [5.41, 5.74) is 2.65. The SMILES string of the molecule is O=C(O)c1cnc(N2[C@@H]3CC[C@H]2CC2(CC(OCc4c(-c5c(Cl)cccc5Cl)noc4C4CC4)C2)C3)cn1. The third-order valence-electron chi connectivity index (χ3n) is 8.83. The maximum absolute atomic E-state index is 11.1. The van der Waals surface area contributed by atoms with Gasteiger partial charge in [-0.2, -0.15) is 0 Å². The Kier molecular flexibility index (Phi) is 5.91. The lowest BCUT2D eigenvalue weighted by Crippen LogP contribution is -2.54. The first-order valence-corrected chi connectivity index (χ1v) is 14.0. The number of hydrogen-bond donors (Lipinski definition) is 1. The van der Waals surface area contributed by atoms with E-state index in [0.717, 1.165) is 68.5 Å². The first kappa shape index (κ1) is 24.4. The van der Waals surface area contributed by atoms with E-state index in [0.29, 0.717) is 51.3 Å². The highest BCUT2D eigenvalue weighted by Crippen LogP contribution is 2.57. The van der Waals surface area contributed by atoms with E-state index in [1.54, 1.807) is 6.20 Å². The topological polar surface area (TPSA) is 102 Å². The van der Waals surface area contributed by atoms with Crippen LogP contribution in [0.2, 0.25) is 10.0 Å². The fraction of sp³-hybridized carbons (Fsp3) is 0.500. The van der Waals surface area contributed by atoms with Crippen molar-refractivity contribution >= 4 is 35.0 Å². The molecule has 0 radical (unpaired) electrons. The van der Waals surface area contributed by atoms with Crippen LogP contribution in [0.5, 0.6) is 0 Å². The summed E-state index contributed by atoms with van der Waals surface area (Å²) in [5.74, 6) is 1.04. The largest absolute Gasteiger partial charge is 0.476 e. The van der Waals surface area contributed by atoms with Gasteiger partial charge in [0, 0.05) is 29.1 Å². The van der Waals surface area contributed by atoms with Crippen molar-refractivity contribution in [2.75, 3.05) is 4.90 Å². The molecule has 4 aliphatic rings. The zero-order valence-corrected chi connectivity index (χ0v) is 22.3. The first-order valence-electron chi connectivity index (χ1n) is 13.3. The van der Waals surface area contributed by atoms with Crippen molar-refractivity contribution in [2.24, 2.45) is 5.41 Å². The number of rotatable bonds is 7. The van der Waals surface area contributed by atoms with Gasteiger partial charge in [0.1, 0.15) is 17.3 Å². The molecule has 4 heterocycles. The van der Waals surface area contributed by atoms with Crippen molar-refractivity contribution in [3.8, 4) is 11.3 Å². The van der Waals surface area contributed by atoms with Gasteiger partial charge in [0.25, 0.3) is 0 Å². The molecule has 2 aromatic heterocycles. The summed E-state index contributed by atoms with van der Waals surface area (Å²) in [4.78, 5) is 22.0. The van der Waals surface area contributed by atoms with E-state index >= 15 is 0 Å². The van der Waals surface area contributed by atoms with Gasteiger partial charge >= 0.3 is 5.97 Å². The number of fused-ring (bicyclic) bond motifs is 2. The van der Waals surface area contributed by atoms with Crippen LogP contribution in [-0.4, -0.2) is 44.4 Å². The molecule has 2 aliphatic heterocycles. The number of anilines is 1. The zero-order chi connectivity index (χ0) is 26.0. The molecule has 198 valence electrons. The maximum atomic E-state index is 11.1. The molecule has 3 aromatic rings. The van der Waals surface area contributed by atoms with Gasteiger partial charge in [-0.15, -0.1) is 0 Å². The van der Waals surface area contributed by atoms with Crippen molar-refractivity contribution in [3.63, 3.8) is 0 Å². The van der Waals surface area contributed by atoms with Crippen molar-refractivity contribution < 1.29 is 19.2 Å². The fourth-order valence-electron chi connectivity index (χ4n) is 6.99. The monoisotopic (exact) mass is 554 g/mol. The number of aromatic carboxylic acids is 1. The van der Waals surface area contributed by atoms with Gasteiger partial charge in [-0.05, 0) is 68.9 Å². The van der Waals surface area contributed by atoms with Crippen LogP contribution < -0.4 is 4.90 Å². The maximum Gasteiger partial charge on any atom is 0.356 e. The lowest BCUT2D eigenvalue weighted by atomic mass is 9.59. The van der Waals surface area contributed by atoms with E-state index in [1.807, 2.05) is 18.2 Å². The highest BCUT2D eigenvalue weighted by molar-refractivity contribution is 6.39. The normalized spacial score (nSPS) is 28.1. The van der Waals surface area contributed by atoms with Gasteiger partial charge in [-0.25, -0.2) is 14.8 Å². The Morgan fingerprint density at radius 3 is 2.37 bits per heavy atom. The highest BCUT2D eigenvalue weighted by Gasteiger charge is 2.54. The van der Waals surface area contributed by atoms with E-state index < -0.39 is 5.97 Å². The number of benzene rings is 1. The second-order valence-corrected chi connectivity index (χ2v) is 12.2. The minimum atomic E-state index is -1.05. The lowest BCUT2D eigenvalue weighted by Gasteiger charge is -2.55. The van der Waals surface area contributed by atoms with Gasteiger partial charge in [-0.1, -0.05) is 34.4 Å².